The number of nitrogens with zero attached hydrogens (tertiary/aromatic N) is 15. The molecule has 6 heterocycles. The van der Waals surface area contributed by atoms with E-state index in [-0.39, 0.29) is 72.0 Å². The molecule has 0 unspecified atom stereocenters. The SMILES string of the molecule is CC.CC.CCS(=O)(=O)N(Cc1cc(-c2nnc(C(F)F)o2)nn1C)c1cccc(Cl)c1.Cn1nc(-c2nnc(C(F)F)o2)cc1CN(C(=O)C1CC1)c1cccc(Cl)c1.Cn1nc(-c2nnc(C(F)F)o2)cc1CN(c1cccc(Cl)c1)S(=O)(=O)C1CC1. The van der Waals surface area contributed by atoms with Gasteiger partial charge in [0, 0.05) is 47.8 Å². The van der Waals surface area contributed by atoms with Gasteiger partial charge in [0.05, 0.1) is 59.1 Å². The normalized spacial score (nSPS) is 13.0. The second-order valence-electron chi connectivity index (χ2n) is 19.0. The average Bonchev–Trinajstić information content (AvgIpc) is 3.21. The van der Waals surface area contributed by atoms with Gasteiger partial charge in [0.2, 0.25) is 26.0 Å². The number of carbonyl (C=O) groups excluding carboxylic acids is 1. The number of amides is 1. The third kappa shape index (κ3) is 17.3. The molecule has 9 aromatic rings. The van der Waals surface area contributed by atoms with Crippen molar-refractivity contribution in [2.24, 2.45) is 27.1 Å². The number of hydrogen-bond acceptors (Lipinski definition) is 17. The van der Waals surface area contributed by atoms with Crippen LogP contribution >= 0.6 is 34.8 Å². The maximum Gasteiger partial charge on any atom is 0.314 e. The van der Waals surface area contributed by atoms with Gasteiger partial charge in [-0.1, -0.05) is 80.7 Å². The zero-order valence-electron chi connectivity index (χ0n) is 48.9. The van der Waals surface area contributed by atoms with Crippen LogP contribution < -0.4 is 13.5 Å². The Bertz CT molecular complexity index is 4060. The van der Waals surface area contributed by atoms with E-state index in [1.54, 1.807) is 104 Å². The van der Waals surface area contributed by atoms with Crippen molar-refractivity contribution >= 4 is 77.8 Å². The summed E-state index contributed by atoms with van der Waals surface area (Å²) in [5.41, 5.74) is 3.81. The van der Waals surface area contributed by atoms with Crippen LogP contribution in [0.5, 0.6) is 0 Å². The Kier molecular flexibility index (Phi) is 23.2. The molecule has 0 atom stereocenters. The highest BCUT2D eigenvalue weighted by Crippen LogP contribution is 2.37. The highest BCUT2D eigenvalue weighted by molar-refractivity contribution is 7.93. The molecule has 0 N–H and O–H groups in total. The molecule has 0 spiro atoms. The summed E-state index contributed by atoms with van der Waals surface area (Å²) in [6.45, 7) is 9.72. The van der Waals surface area contributed by atoms with Gasteiger partial charge >= 0.3 is 19.3 Å². The second-order valence-corrected chi connectivity index (χ2v) is 24.6. The standard InChI is InChI=1S/C18H16ClF2N5O2.C17H16ClF2N5O3S.C16H16ClF2N5O3S.2C2H6/c1-25-13(8-14(24-25)16-22-23-17(28-16)15(20)21)9-26(18(27)10-5-6-10)12-4-2-3-11(19)7-12;1-24-12(8-14(23-24)16-21-22-17(28-16)15(19)20)9-25(29(26,27)13-5-6-13)11-4-2-3-10(18)7-11;1-3-28(25,26)24(11-6-4-5-10(17)7-11)9-12-8-13(22-23(12)2)15-20-21-16(27-15)14(18)19;2*1-2/h2-4,7-8,10,15H,5-6,9H2,1H3;2-4,7-8,13,15H,5-6,9H2,1H3;4-8,14H,3,9H2,1-2H3;2*1-2H3. The van der Waals surface area contributed by atoms with Crippen molar-refractivity contribution in [1.29, 1.82) is 0 Å². The monoisotopic (exact) mass is 1340 g/mol. The first-order valence-electron chi connectivity index (χ1n) is 27.4. The smallest absolute Gasteiger partial charge is 0.314 e. The minimum Gasteiger partial charge on any atom is -0.413 e. The molecule has 2 fully saturated rings. The Morgan fingerprint density at radius 3 is 1.21 bits per heavy atom. The Morgan fingerprint density at radius 2 is 0.876 bits per heavy atom. The highest BCUT2D eigenvalue weighted by atomic mass is 35.5. The number of alkyl halides is 6. The van der Waals surface area contributed by atoms with E-state index in [9.17, 15) is 48.0 Å². The van der Waals surface area contributed by atoms with Crippen molar-refractivity contribution in [2.75, 3.05) is 19.3 Å². The van der Waals surface area contributed by atoms with Crippen LogP contribution in [0, 0.1) is 5.92 Å². The zero-order chi connectivity index (χ0) is 65.1. The van der Waals surface area contributed by atoms with E-state index in [2.05, 4.69) is 45.9 Å². The lowest BCUT2D eigenvalue weighted by molar-refractivity contribution is -0.119. The lowest BCUT2D eigenvalue weighted by atomic mass is 10.2. The number of hydrogen-bond donors (Lipinski definition) is 0. The average molecular weight is 1340 g/mol. The fourth-order valence-corrected chi connectivity index (χ4v) is 11.6. The van der Waals surface area contributed by atoms with Crippen LogP contribution in [0.1, 0.15) is 114 Å². The molecule has 0 saturated heterocycles. The van der Waals surface area contributed by atoms with Gasteiger partial charge in [0.25, 0.3) is 35.3 Å². The van der Waals surface area contributed by atoms with Gasteiger partial charge in [-0.15, -0.1) is 30.6 Å². The van der Waals surface area contributed by atoms with Crippen molar-refractivity contribution < 1.29 is 61.2 Å². The van der Waals surface area contributed by atoms with Crippen LogP contribution in [-0.2, 0) is 65.6 Å². The lowest BCUT2D eigenvalue weighted by Gasteiger charge is -2.24. The Hall–Kier alpha value is -7.87. The third-order valence-electron chi connectivity index (χ3n) is 12.9. The van der Waals surface area contributed by atoms with Gasteiger partial charge in [0.1, 0.15) is 17.1 Å². The molecule has 2 aliphatic carbocycles. The van der Waals surface area contributed by atoms with Crippen LogP contribution in [0.3, 0.4) is 0 Å². The van der Waals surface area contributed by atoms with Crippen molar-refractivity contribution in [3.8, 4) is 34.8 Å². The van der Waals surface area contributed by atoms with Crippen molar-refractivity contribution in [1.82, 2.24) is 59.9 Å². The number of aryl methyl sites for hydroxylation is 3. The summed E-state index contributed by atoms with van der Waals surface area (Å²) in [6.07, 6.45) is -5.68. The molecule has 2 saturated carbocycles. The van der Waals surface area contributed by atoms with Crippen LogP contribution in [0.25, 0.3) is 34.8 Å². The maximum absolute atomic E-state index is 13.0. The quantitative estimate of drug-likeness (QED) is 0.0642. The van der Waals surface area contributed by atoms with Gasteiger partial charge in [-0.2, -0.15) is 41.6 Å². The van der Waals surface area contributed by atoms with Gasteiger partial charge in [-0.05, 0) is 105 Å². The number of aromatic nitrogens is 12. The molecule has 23 nitrogen and oxygen atoms in total. The summed E-state index contributed by atoms with van der Waals surface area (Å²) >= 11 is 18.1. The van der Waals surface area contributed by atoms with Crippen molar-refractivity contribution in [2.45, 2.75) is 104 Å². The molecule has 0 radical (unpaired) electrons. The molecule has 478 valence electrons. The Labute approximate surface area is 522 Å². The minimum absolute atomic E-state index is 0.0104. The Balaban J connectivity index is 0.000000185. The molecule has 6 aromatic heterocycles. The molecular formula is C55H60Cl3F6N15O8S2. The molecule has 0 bridgehead atoms. The third-order valence-corrected chi connectivity index (χ3v) is 17.6. The van der Waals surface area contributed by atoms with E-state index in [0.29, 0.717) is 62.1 Å². The van der Waals surface area contributed by atoms with Gasteiger partial charge in [-0.3, -0.25) is 27.5 Å². The first-order valence-corrected chi connectivity index (χ1v) is 31.7. The molecule has 89 heavy (non-hydrogen) atoms. The predicted molar refractivity (Wildman–Crippen MR) is 319 cm³/mol. The first kappa shape index (κ1) is 68.6. The van der Waals surface area contributed by atoms with Crippen LogP contribution in [0.2, 0.25) is 15.1 Å². The van der Waals surface area contributed by atoms with E-state index < -0.39 is 62.2 Å². The number of halogens is 9. The summed E-state index contributed by atoms with van der Waals surface area (Å²) in [5.74, 6) is -2.90. The largest absolute Gasteiger partial charge is 0.413 e. The summed E-state index contributed by atoms with van der Waals surface area (Å²) < 4.78 is 149. The molecular weight excluding hydrogens is 1280 g/mol. The van der Waals surface area contributed by atoms with Crippen molar-refractivity contribution in [3.63, 3.8) is 0 Å². The molecule has 11 rings (SSSR count). The zero-order valence-corrected chi connectivity index (χ0v) is 52.8. The summed E-state index contributed by atoms with van der Waals surface area (Å²) in [4.78, 5) is 14.5. The molecule has 3 aromatic carbocycles. The van der Waals surface area contributed by atoms with E-state index in [1.165, 1.54) is 37.0 Å². The van der Waals surface area contributed by atoms with Gasteiger partial charge < -0.3 is 18.2 Å². The molecule has 1 amide bonds. The fourth-order valence-electron chi connectivity index (χ4n) is 8.14. The highest BCUT2D eigenvalue weighted by Gasteiger charge is 2.41. The van der Waals surface area contributed by atoms with Gasteiger partial charge in [-0.25, -0.2) is 16.8 Å². The lowest BCUT2D eigenvalue weighted by Crippen LogP contribution is -2.34. The number of rotatable bonds is 20. The number of anilines is 3. The van der Waals surface area contributed by atoms with Crippen molar-refractivity contribution in [3.05, 3.63) is 141 Å². The first-order chi connectivity index (χ1) is 42.4. The maximum atomic E-state index is 13.0. The topological polar surface area (TPSA) is 265 Å². The fraction of sp³-hybridized carbons (Fsp3) is 0.382. The van der Waals surface area contributed by atoms with Crippen LogP contribution in [-0.4, -0.2) is 93.7 Å². The summed E-state index contributed by atoms with van der Waals surface area (Å²) in [6, 6.07) is 24.8. The number of carbonyl (C=O) groups is 1. The number of sulfonamides is 2. The van der Waals surface area contributed by atoms with E-state index in [0.717, 1.165) is 12.8 Å². The van der Waals surface area contributed by atoms with E-state index in [4.69, 9.17) is 48.1 Å². The molecule has 34 heteroatoms. The van der Waals surface area contributed by atoms with E-state index in [1.807, 2.05) is 33.8 Å². The molecule has 0 aliphatic heterocycles. The Morgan fingerprint density at radius 1 is 0.528 bits per heavy atom. The summed E-state index contributed by atoms with van der Waals surface area (Å²) in [7, 11) is -2.31. The second kappa shape index (κ2) is 30.1. The van der Waals surface area contributed by atoms with Crippen LogP contribution in [0.15, 0.2) is 104 Å². The number of benzene rings is 3. The molecule has 2 aliphatic rings. The van der Waals surface area contributed by atoms with E-state index >= 15 is 0 Å². The van der Waals surface area contributed by atoms with Crippen LogP contribution in [0.4, 0.5) is 43.4 Å². The summed E-state index contributed by atoms with van der Waals surface area (Å²) in [5, 5.41) is 34.1. The minimum atomic E-state index is -3.62. The van der Waals surface area contributed by atoms with Gasteiger partial charge in [0.15, 0.2) is 0 Å². The predicted octanol–water partition coefficient (Wildman–Crippen LogP) is 13.0.